The predicted octanol–water partition coefficient (Wildman–Crippen LogP) is 1.16. The molecule has 0 saturated heterocycles. The number of hydrogen-bond donors (Lipinski definition) is 2. The van der Waals surface area contributed by atoms with Crippen LogP contribution in [0.15, 0.2) is 40.4 Å². The molecule has 1 atom stereocenters. The van der Waals surface area contributed by atoms with Crippen LogP contribution in [0, 0.1) is 0 Å². The number of rotatable bonds is 4. The molecule has 0 bridgehead atoms. The number of aromatic nitrogens is 6. The van der Waals surface area contributed by atoms with Gasteiger partial charge in [-0.1, -0.05) is 6.08 Å². The second-order valence-corrected chi connectivity index (χ2v) is 7.32. The van der Waals surface area contributed by atoms with Crippen molar-refractivity contribution in [3.63, 3.8) is 0 Å². The number of H-pyrrole nitrogens is 1. The second-order valence-electron chi connectivity index (χ2n) is 6.29. The molecule has 0 radical (unpaired) electrons. The minimum absolute atomic E-state index is 0.194. The van der Waals surface area contributed by atoms with E-state index in [9.17, 15) is 9.90 Å². The molecule has 5 rings (SSSR count). The van der Waals surface area contributed by atoms with Gasteiger partial charge in [0.1, 0.15) is 16.6 Å². The van der Waals surface area contributed by atoms with Gasteiger partial charge in [-0.2, -0.15) is 10.2 Å². The Hall–Kier alpha value is -3.11. The Morgan fingerprint density at radius 1 is 1.44 bits per heavy atom. The van der Waals surface area contributed by atoms with Crippen molar-refractivity contribution in [1.82, 2.24) is 29.5 Å². The predicted molar refractivity (Wildman–Crippen MR) is 102 cm³/mol. The lowest BCUT2D eigenvalue weighted by Gasteiger charge is -2.06. The van der Waals surface area contributed by atoms with Crippen LogP contribution in [0.4, 0.5) is 0 Å². The van der Waals surface area contributed by atoms with Gasteiger partial charge in [0.05, 0.1) is 35.4 Å². The van der Waals surface area contributed by atoms with E-state index in [0.29, 0.717) is 35.0 Å². The Kier molecular flexibility index (Phi) is 3.55. The maximum Gasteiger partial charge on any atom is 0.291 e. The van der Waals surface area contributed by atoms with E-state index in [4.69, 9.17) is 0 Å². The Morgan fingerprint density at radius 2 is 2.33 bits per heavy atom. The topological polar surface area (TPSA) is 114 Å². The zero-order valence-corrected chi connectivity index (χ0v) is 15.1. The van der Waals surface area contributed by atoms with Gasteiger partial charge in [-0.25, -0.2) is 9.67 Å². The fourth-order valence-electron chi connectivity index (χ4n) is 3.26. The van der Waals surface area contributed by atoms with Crippen LogP contribution in [0.3, 0.4) is 0 Å². The van der Waals surface area contributed by atoms with Crippen molar-refractivity contribution in [2.24, 2.45) is 12.0 Å². The minimum atomic E-state index is -0.857. The minimum Gasteiger partial charge on any atom is -0.380 e. The second kappa shape index (κ2) is 5.96. The SMILES string of the molecule is Cn1c2nc([C@H](O)C3=NCC=C3)sc2c2cnn(Cc3ccn[nH]3)c(=O)c21. The molecule has 0 aromatic carbocycles. The number of hydrogen-bond acceptors (Lipinski definition) is 7. The van der Waals surface area contributed by atoms with Gasteiger partial charge in [0.25, 0.3) is 5.56 Å². The van der Waals surface area contributed by atoms with E-state index in [1.807, 2.05) is 12.2 Å². The molecule has 1 aliphatic rings. The summed E-state index contributed by atoms with van der Waals surface area (Å²) in [5, 5.41) is 22.8. The molecule has 136 valence electrons. The highest BCUT2D eigenvalue weighted by atomic mass is 32.1. The molecule has 4 aromatic rings. The molecule has 0 unspecified atom stereocenters. The molecule has 0 aliphatic carbocycles. The number of aliphatic imine (C=N–C) groups is 1. The van der Waals surface area contributed by atoms with E-state index in [0.717, 1.165) is 15.8 Å². The molecular formula is C17H15N7O2S. The van der Waals surface area contributed by atoms with E-state index < -0.39 is 6.10 Å². The standard InChI is InChI=1S/C17H15N7O2S/c1-23-12-10(7-20-24(17(12)26)8-9-4-6-19-22-9)14-15(23)21-16(27-14)13(25)11-3-2-5-18-11/h2-4,6-7,13,25H,5,8H2,1H3,(H,19,22)/t13-/m1/s1. The summed E-state index contributed by atoms with van der Waals surface area (Å²) < 4.78 is 3.99. The molecule has 0 spiro atoms. The molecule has 1 aliphatic heterocycles. The van der Waals surface area contributed by atoms with Crippen LogP contribution in [-0.2, 0) is 13.6 Å². The normalized spacial score (nSPS) is 15.1. The zero-order chi connectivity index (χ0) is 18.5. The third-order valence-electron chi connectivity index (χ3n) is 4.60. The average molecular weight is 381 g/mol. The summed E-state index contributed by atoms with van der Waals surface area (Å²) in [6.45, 7) is 0.900. The Bertz CT molecular complexity index is 1280. The summed E-state index contributed by atoms with van der Waals surface area (Å²) in [7, 11) is 1.80. The number of fused-ring (bicyclic) bond motifs is 3. The lowest BCUT2D eigenvalue weighted by atomic mass is 10.2. The fourth-order valence-corrected chi connectivity index (χ4v) is 4.36. The van der Waals surface area contributed by atoms with E-state index in [-0.39, 0.29) is 5.56 Å². The van der Waals surface area contributed by atoms with Crippen LogP contribution in [0.25, 0.3) is 21.3 Å². The molecule has 4 aromatic heterocycles. The van der Waals surface area contributed by atoms with Crippen molar-refractivity contribution < 1.29 is 5.11 Å². The lowest BCUT2D eigenvalue weighted by Crippen LogP contribution is -2.24. The molecule has 5 heterocycles. The number of aryl methyl sites for hydroxylation is 1. The molecule has 27 heavy (non-hydrogen) atoms. The lowest BCUT2D eigenvalue weighted by molar-refractivity contribution is 0.248. The first-order chi connectivity index (χ1) is 13.1. The van der Waals surface area contributed by atoms with E-state index in [2.05, 4.69) is 25.3 Å². The smallest absolute Gasteiger partial charge is 0.291 e. The number of aliphatic hydroxyl groups is 1. The van der Waals surface area contributed by atoms with Crippen LogP contribution in [-0.4, -0.2) is 46.9 Å². The highest BCUT2D eigenvalue weighted by Gasteiger charge is 2.23. The molecule has 9 nitrogen and oxygen atoms in total. The van der Waals surface area contributed by atoms with Crippen molar-refractivity contribution in [3.05, 3.63) is 51.7 Å². The molecular weight excluding hydrogens is 366 g/mol. The first kappa shape index (κ1) is 16.1. The van der Waals surface area contributed by atoms with Crippen molar-refractivity contribution in [3.8, 4) is 0 Å². The van der Waals surface area contributed by atoms with Gasteiger partial charge >= 0.3 is 0 Å². The van der Waals surface area contributed by atoms with Crippen molar-refractivity contribution in [2.45, 2.75) is 12.6 Å². The maximum atomic E-state index is 12.9. The molecule has 0 fully saturated rings. The summed E-state index contributed by atoms with van der Waals surface area (Å²) in [5.41, 5.74) is 2.41. The maximum absolute atomic E-state index is 12.9. The third-order valence-corrected chi connectivity index (χ3v) is 5.73. The van der Waals surface area contributed by atoms with Crippen molar-refractivity contribution >= 4 is 38.3 Å². The molecule has 10 heteroatoms. The summed E-state index contributed by atoms with van der Waals surface area (Å²) >= 11 is 1.36. The van der Waals surface area contributed by atoms with Gasteiger partial charge in [-0.05, 0) is 12.1 Å². The number of nitrogens with one attached hydrogen (secondary N) is 1. The van der Waals surface area contributed by atoms with Crippen molar-refractivity contribution in [1.29, 1.82) is 0 Å². The van der Waals surface area contributed by atoms with Gasteiger partial charge in [-0.15, -0.1) is 11.3 Å². The Labute approximate surface area is 156 Å². The van der Waals surface area contributed by atoms with Gasteiger partial charge < -0.3 is 9.67 Å². The van der Waals surface area contributed by atoms with Crippen molar-refractivity contribution in [2.75, 3.05) is 6.54 Å². The van der Waals surface area contributed by atoms with Gasteiger partial charge in [0.2, 0.25) is 0 Å². The number of thiazole rings is 1. The van der Waals surface area contributed by atoms with Gasteiger partial charge in [0.15, 0.2) is 5.65 Å². The van der Waals surface area contributed by atoms with E-state index in [1.165, 1.54) is 16.0 Å². The van der Waals surface area contributed by atoms with E-state index >= 15 is 0 Å². The Balaban J connectivity index is 1.63. The first-order valence-corrected chi connectivity index (χ1v) is 9.17. The van der Waals surface area contributed by atoms with Crippen LogP contribution >= 0.6 is 11.3 Å². The number of aliphatic hydroxyl groups excluding tert-OH is 1. The molecule has 2 N–H and O–H groups in total. The number of nitrogens with zero attached hydrogens (tertiary/aromatic N) is 6. The monoisotopic (exact) mass is 381 g/mol. The van der Waals surface area contributed by atoms with Crippen LogP contribution in [0.5, 0.6) is 0 Å². The summed E-state index contributed by atoms with van der Waals surface area (Å²) in [4.78, 5) is 21.7. The van der Waals surface area contributed by atoms with Gasteiger partial charge in [-0.3, -0.25) is 14.9 Å². The molecule has 0 amide bonds. The highest BCUT2D eigenvalue weighted by Crippen LogP contribution is 2.34. The largest absolute Gasteiger partial charge is 0.380 e. The third kappa shape index (κ3) is 2.45. The summed E-state index contributed by atoms with van der Waals surface area (Å²) in [5.74, 6) is 0. The Morgan fingerprint density at radius 3 is 3.07 bits per heavy atom. The van der Waals surface area contributed by atoms with Crippen LogP contribution < -0.4 is 5.56 Å². The first-order valence-electron chi connectivity index (χ1n) is 8.35. The quantitative estimate of drug-likeness (QED) is 0.551. The number of aromatic amines is 1. The summed E-state index contributed by atoms with van der Waals surface area (Å²) in [6, 6.07) is 1.80. The van der Waals surface area contributed by atoms with Gasteiger partial charge in [0, 0.05) is 18.6 Å². The highest BCUT2D eigenvalue weighted by molar-refractivity contribution is 7.19. The van der Waals surface area contributed by atoms with Crippen LogP contribution in [0.1, 0.15) is 16.8 Å². The van der Waals surface area contributed by atoms with E-state index in [1.54, 1.807) is 30.1 Å². The fraction of sp³-hybridized carbons (Fsp3) is 0.235. The average Bonchev–Trinajstić information content (AvgIpc) is 3.44. The van der Waals surface area contributed by atoms with Crippen LogP contribution in [0.2, 0.25) is 0 Å². The molecule has 0 saturated carbocycles. The summed E-state index contributed by atoms with van der Waals surface area (Å²) in [6.07, 6.45) is 6.16. The zero-order valence-electron chi connectivity index (χ0n) is 14.3.